The highest BCUT2D eigenvalue weighted by atomic mass is 79.9. The molecule has 3 rings (SSSR count). The summed E-state index contributed by atoms with van der Waals surface area (Å²) in [5, 5.41) is 12.3. The van der Waals surface area contributed by atoms with Gasteiger partial charge in [0.05, 0.1) is 15.8 Å². The lowest BCUT2D eigenvalue weighted by Crippen LogP contribution is -2.19. The molecule has 0 aliphatic rings. The molecule has 1 N–H and O–H groups in total. The molecule has 3 aromatic rings. The number of halogens is 1. The van der Waals surface area contributed by atoms with Gasteiger partial charge in [-0.25, -0.2) is 5.43 Å². The Kier molecular flexibility index (Phi) is 7.89. The van der Waals surface area contributed by atoms with Gasteiger partial charge in [-0.1, -0.05) is 64.7 Å². The second-order valence-corrected chi connectivity index (χ2v) is 11.2. The standard InChI is InChI=1S/C17H15BrN4OS4/c1-11-2-4-12(5-3-11)9-24-16-21-22-17(27-16)25-10-15(23)20-19-8-13-6-7-14(18)26-13/h2-8H,9-10H2,1H3,(H,20,23). The molecule has 27 heavy (non-hydrogen) atoms. The van der Waals surface area contributed by atoms with E-state index >= 15 is 0 Å². The van der Waals surface area contributed by atoms with Crippen molar-refractivity contribution in [1.29, 1.82) is 0 Å². The summed E-state index contributed by atoms with van der Waals surface area (Å²) in [6.45, 7) is 2.08. The largest absolute Gasteiger partial charge is 0.272 e. The van der Waals surface area contributed by atoms with Crippen molar-refractivity contribution in [3.63, 3.8) is 0 Å². The summed E-state index contributed by atoms with van der Waals surface area (Å²) >= 11 is 9.45. The van der Waals surface area contributed by atoms with E-state index in [1.807, 2.05) is 12.1 Å². The average molecular weight is 500 g/mol. The first kappa shape index (κ1) is 20.5. The number of benzene rings is 1. The summed E-state index contributed by atoms with van der Waals surface area (Å²) in [5.41, 5.74) is 5.03. The third kappa shape index (κ3) is 7.04. The fraction of sp³-hybridized carbons (Fsp3) is 0.176. The van der Waals surface area contributed by atoms with E-state index in [0.717, 1.165) is 23.1 Å². The number of hydrogen-bond donors (Lipinski definition) is 1. The van der Waals surface area contributed by atoms with Crippen molar-refractivity contribution in [2.24, 2.45) is 5.10 Å². The molecule has 0 fully saturated rings. The first-order valence-electron chi connectivity index (χ1n) is 7.80. The normalized spacial score (nSPS) is 11.2. The average Bonchev–Trinajstić information content (AvgIpc) is 3.28. The molecule has 5 nitrogen and oxygen atoms in total. The lowest BCUT2D eigenvalue weighted by atomic mass is 10.2. The zero-order valence-corrected chi connectivity index (χ0v) is 19.1. The Balaban J connectivity index is 1.40. The Morgan fingerprint density at radius 3 is 2.59 bits per heavy atom. The summed E-state index contributed by atoms with van der Waals surface area (Å²) in [7, 11) is 0. The molecule has 0 atom stereocenters. The van der Waals surface area contributed by atoms with E-state index in [9.17, 15) is 4.79 Å². The Morgan fingerprint density at radius 2 is 1.89 bits per heavy atom. The maximum atomic E-state index is 11.9. The highest BCUT2D eigenvalue weighted by Crippen LogP contribution is 2.30. The van der Waals surface area contributed by atoms with Crippen LogP contribution in [0, 0.1) is 6.92 Å². The van der Waals surface area contributed by atoms with Crippen LogP contribution in [0.5, 0.6) is 0 Å². The first-order valence-corrected chi connectivity index (χ1v) is 12.2. The van der Waals surface area contributed by atoms with Crippen LogP contribution in [-0.2, 0) is 10.5 Å². The maximum Gasteiger partial charge on any atom is 0.250 e. The molecule has 10 heteroatoms. The van der Waals surface area contributed by atoms with Crippen LogP contribution >= 0.6 is 62.1 Å². The number of nitrogens with one attached hydrogen (secondary N) is 1. The number of aromatic nitrogens is 2. The van der Waals surface area contributed by atoms with Crippen LogP contribution in [0.3, 0.4) is 0 Å². The van der Waals surface area contributed by atoms with Crippen LogP contribution in [0.15, 0.2) is 54.0 Å². The summed E-state index contributed by atoms with van der Waals surface area (Å²) in [6, 6.07) is 12.3. The molecule has 0 bridgehead atoms. The van der Waals surface area contributed by atoms with E-state index in [1.54, 1.807) is 29.3 Å². The number of thioether (sulfide) groups is 2. The third-order valence-corrected chi connectivity index (χ3v) is 7.99. The maximum absolute atomic E-state index is 11.9. The Labute approximate surface area is 182 Å². The van der Waals surface area contributed by atoms with E-state index in [0.29, 0.717) is 0 Å². The minimum Gasteiger partial charge on any atom is -0.272 e. The molecule has 0 radical (unpaired) electrons. The van der Waals surface area contributed by atoms with Gasteiger partial charge in [-0.2, -0.15) is 5.10 Å². The minimum atomic E-state index is -0.170. The number of aryl methyl sites for hydroxylation is 1. The zero-order chi connectivity index (χ0) is 19.1. The first-order chi connectivity index (χ1) is 13.1. The fourth-order valence-corrected chi connectivity index (χ4v) is 5.93. The lowest BCUT2D eigenvalue weighted by molar-refractivity contribution is -0.118. The van der Waals surface area contributed by atoms with Crippen LogP contribution in [0.4, 0.5) is 0 Å². The Hall–Kier alpha value is -1.20. The van der Waals surface area contributed by atoms with Crippen molar-refractivity contribution in [3.05, 3.63) is 56.2 Å². The van der Waals surface area contributed by atoms with Crippen LogP contribution in [-0.4, -0.2) is 28.1 Å². The molecule has 0 aliphatic carbocycles. The molecule has 0 saturated carbocycles. The lowest BCUT2D eigenvalue weighted by Gasteiger charge is -1.99. The highest BCUT2D eigenvalue weighted by Gasteiger charge is 2.08. The fourth-order valence-electron chi connectivity index (χ4n) is 1.87. The van der Waals surface area contributed by atoms with Crippen molar-refractivity contribution in [2.75, 3.05) is 5.75 Å². The van der Waals surface area contributed by atoms with Crippen LogP contribution in [0.1, 0.15) is 16.0 Å². The molecule has 0 saturated heterocycles. The molecule has 0 spiro atoms. The smallest absolute Gasteiger partial charge is 0.250 e. The second-order valence-electron chi connectivity index (χ2n) is 5.33. The molecule has 2 aromatic heterocycles. The minimum absolute atomic E-state index is 0.170. The van der Waals surface area contributed by atoms with Crippen molar-refractivity contribution in [2.45, 2.75) is 21.4 Å². The van der Waals surface area contributed by atoms with Gasteiger partial charge in [-0.15, -0.1) is 21.5 Å². The van der Waals surface area contributed by atoms with Gasteiger partial charge in [-0.05, 0) is 40.5 Å². The van der Waals surface area contributed by atoms with Crippen LogP contribution in [0.2, 0.25) is 0 Å². The number of carbonyl (C=O) groups is 1. The molecule has 0 unspecified atom stereocenters. The number of nitrogens with zero attached hydrogens (tertiary/aromatic N) is 3. The van der Waals surface area contributed by atoms with Gasteiger partial charge < -0.3 is 0 Å². The zero-order valence-electron chi connectivity index (χ0n) is 14.2. The van der Waals surface area contributed by atoms with E-state index in [2.05, 4.69) is 67.8 Å². The number of rotatable bonds is 8. The van der Waals surface area contributed by atoms with E-state index < -0.39 is 0 Å². The molecule has 0 aliphatic heterocycles. The SMILES string of the molecule is Cc1ccc(CSc2nnc(SCC(=O)NN=Cc3ccc(Br)s3)s2)cc1. The van der Waals surface area contributed by atoms with Crippen molar-refractivity contribution in [1.82, 2.24) is 15.6 Å². The molecular weight excluding hydrogens is 484 g/mol. The number of hydrogen-bond acceptors (Lipinski definition) is 8. The predicted molar refractivity (Wildman–Crippen MR) is 119 cm³/mol. The summed E-state index contributed by atoms with van der Waals surface area (Å²) in [6.07, 6.45) is 1.63. The summed E-state index contributed by atoms with van der Waals surface area (Å²) < 4.78 is 2.71. The number of amides is 1. The van der Waals surface area contributed by atoms with E-state index in [-0.39, 0.29) is 11.7 Å². The molecule has 1 amide bonds. The Morgan fingerprint density at radius 1 is 1.15 bits per heavy atom. The number of carbonyl (C=O) groups excluding carboxylic acids is 1. The van der Waals surface area contributed by atoms with Gasteiger partial charge in [0.25, 0.3) is 5.91 Å². The monoisotopic (exact) mass is 498 g/mol. The van der Waals surface area contributed by atoms with Gasteiger partial charge in [0.2, 0.25) is 0 Å². The van der Waals surface area contributed by atoms with Gasteiger partial charge in [0.15, 0.2) is 8.68 Å². The van der Waals surface area contributed by atoms with Gasteiger partial charge >= 0.3 is 0 Å². The Bertz CT molecular complexity index is 923. The van der Waals surface area contributed by atoms with E-state index in [4.69, 9.17) is 0 Å². The summed E-state index contributed by atoms with van der Waals surface area (Å²) in [4.78, 5) is 12.8. The van der Waals surface area contributed by atoms with Crippen LogP contribution < -0.4 is 5.43 Å². The van der Waals surface area contributed by atoms with Crippen molar-refractivity contribution < 1.29 is 4.79 Å². The topological polar surface area (TPSA) is 67.2 Å². The number of thiophene rings is 1. The van der Waals surface area contributed by atoms with Crippen LogP contribution in [0.25, 0.3) is 0 Å². The van der Waals surface area contributed by atoms with Crippen molar-refractivity contribution in [3.8, 4) is 0 Å². The van der Waals surface area contributed by atoms with Gasteiger partial charge in [0.1, 0.15) is 0 Å². The molecule has 2 heterocycles. The van der Waals surface area contributed by atoms with Gasteiger partial charge in [0, 0.05) is 10.6 Å². The highest BCUT2D eigenvalue weighted by molar-refractivity contribution is 9.11. The molecule has 140 valence electrons. The second kappa shape index (κ2) is 10.4. The molecule has 1 aromatic carbocycles. The summed E-state index contributed by atoms with van der Waals surface area (Å²) in [5.74, 6) is 0.937. The van der Waals surface area contributed by atoms with Gasteiger partial charge in [-0.3, -0.25) is 4.79 Å². The quantitative estimate of drug-likeness (QED) is 0.262. The molecular formula is C17H15BrN4OS4. The predicted octanol–water partition coefficient (Wildman–Crippen LogP) is 5.21. The van der Waals surface area contributed by atoms with E-state index in [1.165, 1.54) is 34.2 Å². The van der Waals surface area contributed by atoms with Crippen molar-refractivity contribution >= 4 is 74.2 Å². The number of hydrazone groups is 1. The third-order valence-electron chi connectivity index (χ3n) is 3.17.